The van der Waals surface area contributed by atoms with E-state index in [-0.39, 0.29) is 16.5 Å². The number of hydrogen-bond donors (Lipinski definition) is 2. The number of nitrogens with one attached hydrogen (secondary N) is 1. The van der Waals surface area contributed by atoms with Crippen LogP contribution in [0.4, 0.5) is 0 Å². The lowest BCUT2D eigenvalue weighted by atomic mass is 10.4. The van der Waals surface area contributed by atoms with Crippen molar-refractivity contribution in [1.82, 2.24) is 10.2 Å². The van der Waals surface area contributed by atoms with Gasteiger partial charge in [-0.3, -0.25) is 9.89 Å². The van der Waals surface area contributed by atoms with Crippen molar-refractivity contribution in [1.29, 1.82) is 0 Å². The van der Waals surface area contributed by atoms with E-state index in [1.54, 1.807) is 6.26 Å². The number of aromatic nitrogens is 2. The highest BCUT2D eigenvalue weighted by atomic mass is 32.2. The number of carbonyl (C=O) groups excluding carboxylic acids is 1. The van der Waals surface area contributed by atoms with Crippen LogP contribution < -0.4 is 0 Å². The molecule has 64 valence electrons. The number of aromatic amines is 1. The standard InChI is InChI=1S/C6H6N2O3S/c1-12-6(11)4-2-3(5(9)10)7-8-4/h2H,1H3,(H,7,8)(H,9,10). The van der Waals surface area contributed by atoms with Crippen molar-refractivity contribution in [2.75, 3.05) is 6.26 Å². The first-order chi connectivity index (χ1) is 5.65. The van der Waals surface area contributed by atoms with Crippen LogP contribution in [0.3, 0.4) is 0 Å². The van der Waals surface area contributed by atoms with Gasteiger partial charge < -0.3 is 5.11 Å². The number of nitrogens with zero attached hydrogens (tertiary/aromatic N) is 1. The number of thioether (sulfide) groups is 1. The van der Waals surface area contributed by atoms with E-state index in [0.717, 1.165) is 11.8 Å². The molecule has 0 amide bonds. The second-order valence-corrected chi connectivity index (χ2v) is 2.74. The first-order valence-corrected chi connectivity index (χ1v) is 4.24. The Balaban J connectivity index is 2.91. The first-order valence-electron chi connectivity index (χ1n) is 3.02. The van der Waals surface area contributed by atoms with Gasteiger partial charge in [0.05, 0.1) is 0 Å². The number of carboxylic acids is 1. The molecule has 0 aliphatic heterocycles. The summed E-state index contributed by atoms with van der Waals surface area (Å²) in [5.74, 6) is -1.15. The number of carboxylic acid groups (broad SMARTS) is 1. The molecule has 0 fully saturated rings. The van der Waals surface area contributed by atoms with Crippen molar-refractivity contribution in [3.63, 3.8) is 0 Å². The molecule has 0 unspecified atom stereocenters. The monoisotopic (exact) mass is 186 g/mol. The van der Waals surface area contributed by atoms with E-state index >= 15 is 0 Å². The lowest BCUT2D eigenvalue weighted by molar-refractivity contribution is 0.0690. The number of carbonyl (C=O) groups is 2. The van der Waals surface area contributed by atoms with Crippen molar-refractivity contribution >= 4 is 22.8 Å². The van der Waals surface area contributed by atoms with Gasteiger partial charge in [0.15, 0.2) is 5.69 Å². The van der Waals surface area contributed by atoms with Gasteiger partial charge in [-0.25, -0.2) is 4.79 Å². The topological polar surface area (TPSA) is 83.1 Å². The Morgan fingerprint density at radius 2 is 2.33 bits per heavy atom. The highest BCUT2D eigenvalue weighted by Gasteiger charge is 2.12. The molecule has 6 heteroatoms. The number of H-pyrrole nitrogens is 1. The molecule has 12 heavy (non-hydrogen) atoms. The van der Waals surface area contributed by atoms with Crippen LogP contribution in [0.1, 0.15) is 21.0 Å². The lowest BCUT2D eigenvalue weighted by Crippen LogP contribution is -1.95. The van der Waals surface area contributed by atoms with Gasteiger partial charge in [0.2, 0.25) is 5.12 Å². The van der Waals surface area contributed by atoms with E-state index < -0.39 is 5.97 Å². The Morgan fingerprint density at radius 3 is 2.75 bits per heavy atom. The molecule has 0 aliphatic rings. The third-order valence-corrected chi connectivity index (χ3v) is 1.79. The molecule has 0 aliphatic carbocycles. The van der Waals surface area contributed by atoms with E-state index in [2.05, 4.69) is 10.2 Å². The lowest BCUT2D eigenvalue weighted by Gasteiger charge is -1.86. The van der Waals surface area contributed by atoms with Gasteiger partial charge in [-0.1, -0.05) is 11.8 Å². The van der Waals surface area contributed by atoms with Crippen LogP contribution in [0.5, 0.6) is 0 Å². The highest BCUT2D eigenvalue weighted by molar-refractivity contribution is 8.13. The molecular weight excluding hydrogens is 180 g/mol. The van der Waals surface area contributed by atoms with E-state index in [1.807, 2.05) is 0 Å². The summed E-state index contributed by atoms with van der Waals surface area (Å²) >= 11 is 1.000. The first kappa shape index (κ1) is 8.79. The summed E-state index contributed by atoms with van der Waals surface area (Å²) in [6.07, 6.45) is 1.61. The fourth-order valence-electron chi connectivity index (χ4n) is 0.646. The maximum absolute atomic E-state index is 10.9. The summed E-state index contributed by atoms with van der Waals surface area (Å²) in [5.41, 5.74) is 0.0623. The summed E-state index contributed by atoms with van der Waals surface area (Å²) in [5, 5.41) is 14.0. The smallest absolute Gasteiger partial charge is 0.356 e. The van der Waals surface area contributed by atoms with E-state index in [4.69, 9.17) is 5.11 Å². The van der Waals surface area contributed by atoms with E-state index in [9.17, 15) is 9.59 Å². The van der Waals surface area contributed by atoms with Crippen LogP contribution in [0.2, 0.25) is 0 Å². The second-order valence-electron chi connectivity index (χ2n) is 1.96. The molecule has 0 spiro atoms. The van der Waals surface area contributed by atoms with E-state index in [1.165, 1.54) is 6.07 Å². The average molecular weight is 186 g/mol. The highest BCUT2D eigenvalue weighted by Crippen LogP contribution is 2.07. The van der Waals surface area contributed by atoms with Crippen LogP contribution in [0, 0.1) is 0 Å². The molecule has 0 saturated carbocycles. The van der Waals surface area contributed by atoms with Crippen LogP contribution in [0.15, 0.2) is 6.07 Å². The minimum absolute atomic E-state index is 0.146. The van der Waals surface area contributed by atoms with Gasteiger partial charge in [0.25, 0.3) is 0 Å². The molecule has 1 aromatic heterocycles. The van der Waals surface area contributed by atoms with Crippen molar-refractivity contribution in [2.24, 2.45) is 0 Å². The minimum Gasteiger partial charge on any atom is -0.476 e. The van der Waals surface area contributed by atoms with Gasteiger partial charge in [-0.2, -0.15) is 5.10 Å². The molecule has 0 aromatic carbocycles. The Kier molecular flexibility index (Phi) is 2.49. The van der Waals surface area contributed by atoms with Crippen molar-refractivity contribution < 1.29 is 14.7 Å². The minimum atomic E-state index is -1.15. The molecule has 1 heterocycles. The number of aromatic carboxylic acids is 1. The molecular formula is C6H6N2O3S. The van der Waals surface area contributed by atoms with Crippen LogP contribution >= 0.6 is 11.8 Å². The van der Waals surface area contributed by atoms with Crippen molar-refractivity contribution in [3.05, 3.63) is 17.5 Å². The van der Waals surface area contributed by atoms with E-state index in [0.29, 0.717) is 0 Å². The molecule has 0 atom stereocenters. The van der Waals surface area contributed by atoms with Crippen molar-refractivity contribution in [2.45, 2.75) is 0 Å². The molecule has 0 saturated heterocycles. The Hall–Kier alpha value is -1.30. The zero-order valence-electron chi connectivity index (χ0n) is 6.20. The Morgan fingerprint density at radius 1 is 1.67 bits per heavy atom. The normalized spacial score (nSPS) is 9.75. The fourth-order valence-corrected chi connectivity index (χ4v) is 0.970. The predicted octanol–water partition coefficient (Wildman–Crippen LogP) is 0.611. The van der Waals surface area contributed by atoms with Crippen molar-refractivity contribution in [3.8, 4) is 0 Å². The molecule has 5 nitrogen and oxygen atoms in total. The molecule has 0 bridgehead atoms. The van der Waals surface area contributed by atoms with Gasteiger partial charge >= 0.3 is 5.97 Å². The van der Waals surface area contributed by atoms with Crippen LogP contribution in [-0.2, 0) is 0 Å². The summed E-state index contributed by atoms with van der Waals surface area (Å²) < 4.78 is 0. The summed E-state index contributed by atoms with van der Waals surface area (Å²) in [6.45, 7) is 0. The third kappa shape index (κ3) is 1.65. The van der Waals surface area contributed by atoms with Gasteiger partial charge in [0.1, 0.15) is 5.69 Å². The maximum atomic E-state index is 10.9. The Labute approximate surface area is 72.2 Å². The molecule has 1 aromatic rings. The maximum Gasteiger partial charge on any atom is 0.356 e. The van der Waals surface area contributed by atoms with Gasteiger partial charge in [-0.15, -0.1) is 0 Å². The SMILES string of the molecule is CSC(=O)c1cc(C(=O)O)n[nH]1. The summed E-state index contributed by atoms with van der Waals surface area (Å²) in [7, 11) is 0. The van der Waals surface area contributed by atoms with Gasteiger partial charge in [0, 0.05) is 6.07 Å². The number of hydrogen-bond acceptors (Lipinski definition) is 4. The summed E-state index contributed by atoms with van der Waals surface area (Å²) in [6, 6.07) is 1.21. The third-order valence-electron chi connectivity index (χ3n) is 1.20. The van der Waals surface area contributed by atoms with Gasteiger partial charge in [-0.05, 0) is 6.26 Å². The van der Waals surface area contributed by atoms with Crippen LogP contribution in [0.25, 0.3) is 0 Å². The molecule has 1 rings (SSSR count). The largest absolute Gasteiger partial charge is 0.476 e. The molecule has 0 radical (unpaired) electrons. The quantitative estimate of drug-likeness (QED) is 0.707. The zero-order chi connectivity index (χ0) is 9.14. The average Bonchev–Trinajstić information content (AvgIpc) is 2.51. The number of rotatable bonds is 2. The Bertz CT molecular complexity index is 320. The second kappa shape index (κ2) is 3.40. The summed E-state index contributed by atoms with van der Waals surface area (Å²) in [4.78, 5) is 21.3. The van der Waals surface area contributed by atoms with Crippen LogP contribution in [-0.4, -0.2) is 32.6 Å². The fraction of sp³-hybridized carbons (Fsp3) is 0.167. The zero-order valence-corrected chi connectivity index (χ0v) is 7.01. The molecule has 2 N–H and O–H groups in total. The predicted molar refractivity (Wildman–Crippen MR) is 43.4 cm³/mol.